The molecule has 1 amide bonds. The summed E-state index contributed by atoms with van der Waals surface area (Å²) in [7, 11) is 1.50. The van der Waals surface area contributed by atoms with Crippen LogP contribution in [0.1, 0.15) is 31.4 Å². The lowest BCUT2D eigenvalue weighted by molar-refractivity contribution is -0.255. The van der Waals surface area contributed by atoms with E-state index in [0.29, 0.717) is 12.0 Å². The van der Waals surface area contributed by atoms with Gasteiger partial charge in [-0.3, -0.25) is 9.47 Å². The Hall–Kier alpha value is -2.22. The molecule has 0 saturated carbocycles. The first kappa shape index (κ1) is 21.8. The number of hydrogen-bond donors (Lipinski definition) is 2. The van der Waals surface area contributed by atoms with E-state index in [4.69, 9.17) is 18.9 Å². The van der Waals surface area contributed by atoms with Crippen molar-refractivity contribution in [3.8, 4) is 5.75 Å². The summed E-state index contributed by atoms with van der Waals surface area (Å²) < 4.78 is 31.4. The molecular weight excluding hydrogens is 365 g/mol. The third kappa shape index (κ3) is 6.25. The lowest BCUT2D eigenvalue weighted by atomic mass is 10.1. The maximum atomic E-state index is 11.7. The van der Waals surface area contributed by atoms with Gasteiger partial charge in [-0.05, 0) is 24.1 Å². The number of benzene rings is 1. The molecule has 0 spiro atoms. The summed E-state index contributed by atoms with van der Waals surface area (Å²) in [6, 6.07) is 4.51. The number of rotatable bonds is 11. The molecule has 1 aromatic rings. The minimum Gasteiger partial charge on any atom is -0.479 e. The van der Waals surface area contributed by atoms with E-state index < -0.39 is 32.3 Å². The first-order valence-corrected chi connectivity index (χ1v) is 8.76. The van der Waals surface area contributed by atoms with Crippen LogP contribution in [0.15, 0.2) is 24.3 Å². The smallest absolute Gasteiger partial charge is 0.479 e. The molecule has 0 aliphatic carbocycles. The number of methoxy groups -OCH3 is 2. The van der Waals surface area contributed by atoms with Gasteiger partial charge in [0.1, 0.15) is 5.75 Å². The van der Waals surface area contributed by atoms with Crippen LogP contribution in [-0.4, -0.2) is 43.7 Å². The number of ether oxygens (including phenoxy) is 4. The monoisotopic (exact) mass is 388 g/mol. The van der Waals surface area contributed by atoms with Gasteiger partial charge in [0.05, 0.1) is 6.61 Å². The number of carbonyl (C=O) groups excluding carboxylic acids is 1. The van der Waals surface area contributed by atoms with Crippen LogP contribution >= 0.6 is 8.46 Å². The highest BCUT2D eigenvalue weighted by Crippen LogP contribution is 2.30. The number of hydrogen-bond acceptors (Lipinski definition) is 7. The summed E-state index contributed by atoms with van der Waals surface area (Å²) in [5, 5.41) is 11.6. The highest BCUT2D eigenvalue weighted by molar-refractivity contribution is 7.25. The summed E-state index contributed by atoms with van der Waals surface area (Å²) in [6.45, 7) is 2.16. The Labute approximate surface area is 152 Å². The van der Waals surface area contributed by atoms with E-state index in [0.717, 1.165) is 6.42 Å². The average Bonchev–Trinajstić information content (AvgIpc) is 2.65. The third-order valence-electron chi connectivity index (χ3n) is 3.37. The van der Waals surface area contributed by atoms with Crippen molar-refractivity contribution in [1.82, 2.24) is 5.32 Å². The van der Waals surface area contributed by atoms with Gasteiger partial charge >= 0.3 is 26.2 Å². The van der Waals surface area contributed by atoms with Crippen LogP contribution in [0.4, 0.5) is 4.79 Å². The van der Waals surface area contributed by atoms with Crippen molar-refractivity contribution < 1.29 is 38.2 Å². The van der Waals surface area contributed by atoms with E-state index in [1.165, 1.54) is 38.5 Å². The SMILES string of the molecule is CCCCOC(=O)NC(C(=O)O)c1ccc(OC(OC)(OC)[PH+]=O)cc1. The summed E-state index contributed by atoms with van der Waals surface area (Å²) in [6.07, 6.45) is 0.737. The Kier molecular flexibility index (Phi) is 8.98. The summed E-state index contributed by atoms with van der Waals surface area (Å²) in [5.41, 5.74) is -1.43. The molecule has 0 aliphatic rings. The lowest BCUT2D eigenvalue weighted by Crippen LogP contribution is -2.34. The van der Waals surface area contributed by atoms with Gasteiger partial charge in [-0.25, -0.2) is 9.59 Å². The summed E-state index contributed by atoms with van der Waals surface area (Å²) >= 11 is 0. The maximum absolute atomic E-state index is 11.7. The van der Waals surface area contributed by atoms with Crippen molar-refractivity contribution >= 4 is 20.5 Å². The van der Waals surface area contributed by atoms with Crippen molar-refractivity contribution in [2.75, 3.05) is 20.8 Å². The fraction of sp³-hybridized carbons (Fsp3) is 0.500. The van der Waals surface area contributed by atoms with Gasteiger partial charge in [-0.1, -0.05) is 30.0 Å². The molecule has 0 fully saturated rings. The van der Waals surface area contributed by atoms with Gasteiger partial charge in [0.25, 0.3) is 0 Å². The quantitative estimate of drug-likeness (QED) is 0.337. The van der Waals surface area contributed by atoms with Crippen molar-refractivity contribution in [2.24, 2.45) is 0 Å². The third-order valence-corrected chi connectivity index (χ3v) is 4.13. The van der Waals surface area contributed by atoms with Crippen molar-refractivity contribution in [3.63, 3.8) is 0 Å². The molecule has 1 aromatic carbocycles. The Bertz CT molecular complexity index is 603. The van der Waals surface area contributed by atoms with E-state index in [-0.39, 0.29) is 12.4 Å². The minimum atomic E-state index is -1.74. The number of aliphatic carboxylic acids is 1. The van der Waals surface area contributed by atoms with Gasteiger partial charge in [-0.15, -0.1) is 0 Å². The molecule has 1 rings (SSSR count). The molecule has 0 aliphatic heterocycles. The molecule has 10 heteroatoms. The second-order valence-electron chi connectivity index (χ2n) is 5.14. The molecule has 0 bridgehead atoms. The maximum Gasteiger partial charge on any atom is 0.539 e. The molecule has 2 unspecified atom stereocenters. The van der Waals surface area contributed by atoms with Gasteiger partial charge in [0.2, 0.25) is 0 Å². The first-order valence-electron chi connectivity index (χ1n) is 7.86. The molecule has 26 heavy (non-hydrogen) atoms. The number of amides is 1. The van der Waals surface area contributed by atoms with Crippen LogP contribution in [0.5, 0.6) is 5.75 Å². The zero-order valence-corrected chi connectivity index (χ0v) is 15.8. The van der Waals surface area contributed by atoms with Gasteiger partial charge in [0, 0.05) is 14.2 Å². The van der Waals surface area contributed by atoms with E-state index in [9.17, 15) is 19.3 Å². The highest BCUT2D eigenvalue weighted by Gasteiger charge is 2.43. The second kappa shape index (κ2) is 10.7. The number of unbranched alkanes of at least 4 members (excludes halogenated alkanes) is 1. The van der Waals surface area contributed by atoms with Gasteiger partial charge in [0.15, 0.2) is 6.04 Å². The fourth-order valence-corrected chi connectivity index (χ4v) is 2.24. The Morgan fingerprint density at radius 2 is 1.85 bits per heavy atom. The summed E-state index contributed by atoms with van der Waals surface area (Å²) in [4.78, 5) is 23.1. The second-order valence-corrected chi connectivity index (χ2v) is 5.96. The number of carboxylic acids is 1. The first-order chi connectivity index (χ1) is 12.4. The fourth-order valence-electron chi connectivity index (χ4n) is 1.91. The minimum absolute atomic E-state index is 0.216. The molecule has 9 nitrogen and oxygen atoms in total. The highest BCUT2D eigenvalue weighted by atomic mass is 31.1. The van der Waals surface area contributed by atoms with Crippen LogP contribution in [-0.2, 0) is 23.6 Å². The number of alkyl carbamates (subject to hydrolysis) is 1. The van der Waals surface area contributed by atoms with Crippen LogP contribution in [0.3, 0.4) is 0 Å². The van der Waals surface area contributed by atoms with Crippen LogP contribution in [0, 0.1) is 0 Å². The molecule has 0 aromatic heterocycles. The van der Waals surface area contributed by atoms with Crippen LogP contribution in [0.25, 0.3) is 0 Å². The Morgan fingerprint density at radius 3 is 2.31 bits per heavy atom. The summed E-state index contributed by atoms with van der Waals surface area (Å²) in [5.74, 6) is -0.995. The molecule has 144 valence electrons. The molecule has 0 heterocycles. The zero-order valence-electron chi connectivity index (χ0n) is 14.8. The number of carboxylic acid groups (broad SMARTS) is 1. The van der Waals surface area contributed by atoms with E-state index >= 15 is 0 Å². The van der Waals surface area contributed by atoms with Crippen molar-refractivity contribution in [3.05, 3.63) is 29.8 Å². The predicted molar refractivity (Wildman–Crippen MR) is 92.6 cm³/mol. The topological polar surface area (TPSA) is 120 Å². The van der Waals surface area contributed by atoms with E-state index in [1.54, 1.807) is 0 Å². The molecule has 2 atom stereocenters. The molecule has 0 radical (unpaired) electrons. The van der Waals surface area contributed by atoms with Crippen LogP contribution < -0.4 is 10.1 Å². The molecule has 0 saturated heterocycles. The van der Waals surface area contributed by atoms with Crippen molar-refractivity contribution in [2.45, 2.75) is 31.5 Å². The van der Waals surface area contributed by atoms with E-state index in [1.807, 2.05) is 6.92 Å². The Morgan fingerprint density at radius 1 is 1.23 bits per heavy atom. The normalized spacial score (nSPS) is 12.4. The zero-order chi connectivity index (χ0) is 19.6. The lowest BCUT2D eigenvalue weighted by Gasteiger charge is -2.19. The van der Waals surface area contributed by atoms with Crippen molar-refractivity contribution in [1.29, 1.82) is 0 Å². The van der Waals surface area contributed by atoms with Crippen LogP contribution in [0.2, 0.25) is 0 Å². The Balaban J connectivity index is 2.83. The average molecular weight is 388 g/mol. The molecule has 2 N–H and O–H groups in total. The predicted octanol–water partition coefficient (Wildman–Crippen LogP) is 2.65. The molecular formula is C16H23NO8P+. The number of carbonyl (C=O) groups is 2. The standard InChI is InChI=1S/C16H22NO8P/c1-4-5-10-24-15(20)17-13(14(18)19)11-6-8-12(9-7-11)25-16(22-2,23-3)26-21/h6-9,13H,4-5,10H2,1-3H3,(H,17,20)(H,18,19)/p+1. The van der Waals surface area contributed by atoms with E-state index in [2.05, 4.69) is 5.32 Å². The van der Waals surface area contributed by atoms with Gasteiger partial charge in [-0.2, -0.15) is 0 Å². The number of nitrogens with one attached hydrogen (secondary N) is 1. The van der Waals surface area contributed by atoms with Gasteiger partial charge < -0.3 is 19.9 Å². The largest absolute Gasteiger partial charge is 0.539 e.